The average Bonchev–Trinajstić information content (AvgIpc) is 2.84. The third-order valence-corrected chi connectivity index (χ3v) is 6.35. The van der Waals surface area contributed by atoms with Gasteiger partial charge in [-0.15, -0.1) is 0 Å². The van der Waals surface area contributed by atoms with Crippen molar-refractivity contribution in [3.8, 4) is 0 Å². The van der Waals surface area contributed by atoms with Crippen molar-refractivity contribution in [2.45, 2.75) is 90.9 Å². The molecule has 0 radical (unpaired) electrons. The van der Waals surface area contributed by atoms with E-state index in [1.165, 1.54) is 25.7 Å². The fourth-order valence-electron chi connectivity index (χ4n) is 3.76. The topological polar surface area (TPSA) is 113 Å². The molecular formula is C26H53O9S-. The molecule has 10 heteroatoms. The summed E-state index contributed by atoms with van der Waals surface area (Å²) in [4.78, 5) is 0. The maximum Gasteiger partial charge on any atom is 0.217 e. The molecule has 0 aromatic carbocycles. The predicted octanol–water partition coefficient (Wildman–Crippen LogP) is 4.88. The fraction of sp³-hybridized carbons (Fsp3) is 1.00. The van der Waals surface area contributed by atoms with E-state index >= 15 is 0 Å². The first-order valence-electron chi connectivity index (χ1n) is 13.8. The SMILES string of the molecule is CCCCCCCCOC[C@@](CCCCCOCCCC)(COCCOC)COCCOS(=O)(=O)[O-]. The van der Waals surface area contributed by atoms with Gasteiger partial charge in [-0.05, 0) is 25.7 Å². The van der Waals surface area contributed by atoms with Crippen molar-refractivity contribution in [1.29, 1.82) is 0 Å². The van der Waals surface area contributed by atoms with E-state index < -0.39 is 10.4 Å². The second-order valence-electron chi connectivity index (χ2n) is 9.43. The van der Waals surface area contributed by atoms with E-state index in [1.54, 1.807) is 7.11 Å². The van der Waals surface area contributed by atoms with E-state index in [1.807, 2.05) is 0 Å². The van der Waals surface area contributed by atoms with Crippen LogP contribution < -0.4 is 0 Å². The molecule has 0 heterocycles. The van der Waals surface area contributed by atoms with Gasteiger partial charge in [0.05, 0.1) is 46.2 Å². The Kier molecular flexibility index (Phi) is 24.7. The molecule has 0 amide bonds. The van der Waals surface area contributed by atoms with Crippen molar-refractivity contribution < 1.29 is 40.8 Å². The van der Waals surface area contributed by atoms with Crippen molar-refractivity contribution >= 4 is 10.4 Å². The van der Waals surface area contributed by atoms with Crippen LogP contribution in [0.25, 0.3) is 0 Å². The van der Waals surface area contributed by atoms with E-state index in [4.69, 9.17) is 23.7 Å². The summed E-state index contributed by atoms with van der Waals surface area (Å²) < 4.78 is 64.8. The first kappa shape index (κ1) is 35.7. The van der Waals surface area contributed by atoms with Gasteiger partial charge in [0.1, 0.15) is 0 Å². The van der Waals surface area contributed by atoms with E-state index in [9.17, 15) is 13.0 Å². The lowest BCUT2D eigenvalue weighted by molar-refractivity contribution is -0.0826. The molecule has 36 heavy (non-hydrogen) atoms. The minimum atomic E-state index is -4.72. The van der Waals surface area contributed by atoms with Crippen LogP contribution in [0.15, 0.2) is 0 Å². The average molecular weight is 542 g/mol. The quantitative estimate of drug-likeness (QED) is 0.0742. The van der Waals surface area contributed by atoms with Gasteiger partial charge < -0.3 is 28.2 Å². The molecule has 0 aliphatic rings. The molecule has 0 spiro atoms. The number of rotatable bonds is 29. The van der Waals surface area contributed by atoms with E-state index in [0.29, 0.717) is 39.6 Å². The van der Waals surface area contributed by atoms with Gasteiger partial charge in [0, 0.05) is 32.3 Å². The zero-order valence-corrected chi connectivity index (χ0v) is 24.0. The third-order valence-electron chi connectivity index (χ3n) is 5.89. The standard InChI is InChI=1S/C26H54O9S/c1-4-6-8-9-10-13-18-32-23-26(24-33-20-19-30-3,25-34-21-22-35-36(27,28)29)15-12-11-14-17-31-16-7-5-2/h4-25H2,1-3H3,(H,27,28,29)/p-1/t26-/m0/s1. The monoisotopic (exact) mass is 541 g/mol. The summed E-state index contributed by atoms with van der Waals surface area (Å²) in [5.74, 6) is 0. The van der Waals surface area contributed by atoms with Gasteiger partial charge in [0.15, 0.2) is 0 Å². The van der Waals surface area contributed by atoms with Crippen LogP contribution in [0.5, 0.6) is 0 Å². The van der Waals surface area contributed by atoms with Gasteiger partial charge in [0.25, 0.3) is 0 Å². The van der Waals surface area contributed by atoms with Crippen molar-refractivity contribution in [1.82, 2.24) is 0 Å². The molecule has 0 saturated carbocycles. The summed E-state index contributed by atoms with van der Waals surface area (Å²) >= 11 is 0. The molecule has 0 rings (SSSR count). The highest BCUT2D eigenvalue weighted by atomic mass is 32.3. The molecule has 0 aliphatic carbocycles. The number of hydrogen-bond acceptors (Lipinski definition) is 9. The zero-order chi connectivity index (χ0) is 26.8. The van der Waals surface area contributed by atoms with E-state index in [0.717, 1.165) is 64.6 Å². The summed E-state index contributed by atoms with van der Waals surface area (Å²) in [6.45, 7) is 8.56. The second kappa shape index (κ2) is 25.0. The number of methoxy groups -OCH3 is 1. The lowest BCUT2D eigenvalue weighted by atomic mass is 9.84. The molecule has 0 saturated heterocycles. The normalized spacial score (nSPS) is 13.8. The molecule has 0 fully saturated rings. The molecule has 9 nitrogen and oxygen atoms in total. The van der Waals surface area contributed by atoms with Gasteiger partial charge in [-0.2, -0.15) is 0 Å². The van der Waals surface area contributed by atoms with Crippen LogP contribution in [0, 0.1) is 5.41 Å². The Balaban J connectivity index is 4.78. The molecule has 0 unspecified atom stereocenters. The minimum Gasteiger partial charge on any atom is -0.726 e. The Morgan fingerprint density at radius 1 is 0.583 bits per heavy atom. The molecule has 1 atom stereocenters. The molecule has 0 aromatic heterocycles. The van der Waals surface area contributed by atoms with Gasteiger partial charge >= 0.3 is 0 Å². The summed E-state index contributed by atoms with van der Waals surface area (Å²) in [6, 6.07) is 0. The lowest BCUT2D eigenvalue weighted by Crippen LogP contribution is -2.38. The molecule has 0 aromatic rings. The summed E-state index contributed by atoms with van der Waals surface area (Å²) in [7, 11) is -3.09. The molecule has 0 aliphatic heterocycles. The van der Waals surface area contributed by atoms with Crippen LogP contribution in [-0.4, -0.2) is 86.1 Å². The third kappa shape index (κ3) is 24.0. The number of hydrogen-bond donors (Lipinski definition) is 0. The van der Waals surface area contributed by atoms with Crippen molar-refractivity contribution in [2.75, 3.05) is 73.2 Å². The van der Waals surface area contributed by atoms with Crippen LogP contribution in [0.1, 0.15) is 90.9 Å². The lowest BCUT2D eigenvalue weighted by Gasteiger charge is -2.33. The van der Waals surface area contributed by atoms with Crippen molar-refractivity contribution in [2.24, 2.45) is 5.41 Å². The van der Waals surface area contributed by atoms with Crippen molar-refractivity contribution in [3.05, 3.63) is 0 Å². The Morgan fingerprint density at radius 3 is 1.69 bits per heavy atom. The molecule has 0 bridgehead atoms. The molecule has 0 N–H and O–H groups in total. The highest BCUT2D eigenvalue weighted by molar-refractivity contribution is 7.80. The Hall–Kier alpha value is -0.330. The molecular weight excluding hydrogens is 488 g/mol. The first-order valence-corrected chi connectivity index (χ1v) is 15.1. The first-order chi connectivity index (χ1) is 17.4. The Morgan fingerprint density at radius 2 is 1.08 bits per heavy atom. The number of unbranched alkanes of at least 4 members (excludes halogenated alkanes) is 8. The number of ether oxygens (including phenoxy) is 5. The van der Waals surface area contributed by atoms with Gasteiger partial charge in [-0.25, -0.2) is 8.42 Å². The summed E-state index contributed by atoms with van der Waals surface area (Å²) in [6.07, 6.45) is 13.3. The van der Waals surface area contributed by atoms with Gasteiger partial charge in [-0.1, -0.05) is 65.2 Å². The summed E-state index contributed by atoms with van der Waals surface area (Å²) in [5, 5.41) is 0. The summed E-state index contributed by atoms with van der Waals surface area (Å²) in [5.41, 5.74) is -0.380. The second-order valence-corrected chi connectivity index (χ2v) is 10.5. The maximum absolute atomic E-state index is 10.7. The molecule has 218 valence electrons. The van der Waals surface area contributed by atoms with Crippen LogP contribution in [-0.2, 0) is 38.3 Å². The fourth-order valence-corrected chi connectivity index (χ4v) is 4.03. The minimum absolute atomic E-state index is 0.00396. The largest absolute Gasteiger partial charge is 0.726 e. The Labute approximate surface area is 220 Å². The van der Waals surface area contributed by atoms with Crippen LogP contribution in [0.4, 0.5) is 0 Å². The van der Waals surface area contributed by atoms with Gasteiger partial charge in [-0.3, -0.25) is 4.18 Å². The van der Waals surface area contributed by atoms with E-state index in [2.05, 4.69) is 18.0 Å². The van der Waals surface area contributed by atoms with Crippen LogP contribution in [0.2, 0.25) is 0 Å². The highest BCUT2D eigenvalue weighted by Crippen LogP contribution is 2.28. The van der Waals surface area contributed by atoms with Crippen LogP contribution >= 0.6 is 0 Å². The van der Waals surface area contributed by atoms with Gasteiger partial charge in [0.2, 0.25) is 10.4 Å². The predicted molar refractivity (Wildman–Crippen MR) is 140 cm³/mol. The smallest absolute Gasteiger partial charge is 0.217 e. The van der Waals surface area contributed by atoms with Crippen molar-refractivity contribution in [3.63, 3.8) is 0 Å². The van der Waals surface area contributed by atoms with Crippen LogP contribution in [0.3, 0.4) is 0 Å². The highest BCUT2D eigenvalue weighted by Gasteiger charge is 2.31. The zero-order valence-electron chi connectivity index (χ0n) is 23.1. The maximum atomic E-state index is 10.7. The van der Waals surface area contributed by atoms with E-state index in [-0.39, 0.29) is 18.6 Å². The Bertz CT molecular complexity index is 538.